The first kappa shape index (κ1) is 20.8. The van der Waals surface area contributed by atoms with Crippen LogP contribution in [0.2, 0.25) is 0 Å². The lowest BCUT2D eigenvalue weighted by Gasteiger charge is -2.50. The molecule has 1 aliphatic heterocycles. The molecule has 0 radical (unpaired) electrons. The number of amides is 2. The zero-order valence-electron chi connectivity index (χ0n) is 17.1. The number of aromatic nitrogens is 2. The van der Waals surface area contributed by atoms with Crippen LogP contribution in [0.15, 0.2) is 6.20 Å². The van der Waals surface area contributed by atoms with Crippen LogP contribution in [0.3, 0.4) is 0 Å². The number of primary amides is 1. The third-order valence-corrected chi connectivity index (χ3v) is 6.71. The highest BCUT2D eigenvalue weighted by molar-refractivity contribution is 6.02. The maximum Gasteiger partial charge on any atom is 0.254 e. The van der Waals surface area contributed by atoms with E-state index in [0.29, 0.717) is 12.8 Å². The number of nitrogens with two attached hydrogens (primary N) is 1. The molecule has 0 unspecified atom stereocenters. The third kappa shape index (κ3) is 3.79. The minimum atomic E-state index is -1.56. The van der Waals surface area contributed by atoms with E-state index >= 15 is 0 Å². The predicted molar refractivity (Wildman–Crippen MR) is 105 cm³/mol. The van der Waals surface area contributed by atoms with Crippen LogP contribution in [0.4, 0.5) is 10.2 Å². The number of rotatable bonds is 7. The Morgan fingerprint density at radius 3 is 2.57 bits per heavy atom. The van der Waals surface area contributed by atoms with Gasteiger partial charge in [0.25, 0.3) is 5.91 Å². The van der Waals surface area contributed by atoms with E-state index in [-0.39, 0.29) is 48.8 Å². The Labute approximate surface area is 174 Å². The number of nitrogens with zero attached hydrogens (tertiary/aromatic N) is 4. The summed E-state index contributed by atoms with van der Waals surface area (Å²) in [6.07, 6.45) is 6.29. The summed E-state index contributed by atoms with van der Waals surface area (Å²) in [6, 6.07) is 2.46. The number of alkyl halides is 1. The molecule has 2 amide bonds. The fraction of sp³-hybridized carbons (Fsp3) is 0.700. The highest BCUT2D eigenvalue weighted by Crippen LogP contribution is 2.42. The van der Waals surface area contributed by atoms with Crippen molar-refractivity contribution in [3.05, 3.63) is 11.8 Å². The van der Waals surface area contributed by atoms with Gasteiger partial charge in [0.2, 0.25) is 11.8 Å². The zero-order valence-corrected chi connectivity index (χ0v) is 17.1. The van der Waals surface area contributed by atoms with E-state index < -0.39 is 17.3 Å². The van der Waals surface area contributed by atoms with Crippen LogP contribution in [0.1, 0.15) is 55.3 Å². The molecule has 2 heterocycles. The van der Waals surface area contributed by atoms with Crippen LogP contribution in [-0.2, 0) is 15.1 Å². The molecule has 1 aromatic heterocycles. The summed E-state index contributed by atoms with van der Waals surface area (Å²) in [5.41, 5.74) is 5.07. The number of carbonyl (C=O) groups is 2. The van der Waals surface area contributed by atoms with Gasteiger partial charge < -0.3 is 15.8 Å². The Kier molecular flexibility index (Phi) is 5.28. The largest absolute Gasteiger partial charge is 0.365 e. The van der Waals surface area contributed by atoms with Crippen LogP contribution >= 0.6 is 0 Å². The van der Waals surface area contributed by atoms with Gasteiger partial charge in [-0.25, -0.2) is 4.39 Å². The molecule has 30 heavy (non-hydrogen) atoms. The Morgan fingerprint density at radius 1 is 1.37 bits per heavy atom. The smallest absolute Gasteiger partial charge is 0.254 e. The van der Waals surface area contributed by atoms with Crippen molar-refractivity contribution in [2.75, 3.05) is 25.5 Å². The number of nitriles is 1. The van der Waals surface area contributed by atoms with Crippen molar-refractivity contribution in [3.63, 3.8) is 0 Å². The van der Waals surface area contributed by atoms with E-state index in [9.17, 15) is 19.2 Å². The topological polar surface area (TPSA) is 126 Å². The number of halogens is 1. The van der Waals surface area contributed by atoms with Gasteiger partial charge in [0.1, 0.15) is 5.56 Å². The third-order valence-electron chi connectivity index (χ3n) is 6.71. The number of nitrogens with one attached hydrogen (secondary N) is 1. The average Bonchev–Trinajstić information content (AvgIpc) is 3.46. The van der Waals surface area contributed by atoms with Gasteiger partial charge in [0, 0.05) is 25.3 Å². The van der Waals surface area contributed by atoms with E-state index in [0.717, 1.165) is 25.7 Å². The van der Waals surface area contributed by atoms with Gasteiger partial charge in [-0.1, -0.05) is 0 Å². The molecule has 0 bridgehead atoms. The van der Waals surface area contributed by atoms with Crippen molar-refractivity contribution < 1.29 is 18.7 Å². The molecule has 3 fully saturated rings. The summed E-state index contributed by atoms with van der Waals surface area (Å²) in [6.45, 7) is 0.509. The van der Waals surface area contributed by atoms with E-state index in [1.54, 1.807) is 10.9 Å². The molecular weight excluding hydrogens is 391 g/mol. The molecule has 162 valence electrons. The van der Waals surface area contributed by atoms with Crippen molar-refractivity contribution in [2.24, 2.45) is 11.7 Å². The molecule has 1 aromatic rings. The molecule has 0 aromatic carbocycles. The second-order valence-corrected chi connectivity index (χ2v) is 8.75. The van der Waals surface area contributed by atoms with Crippen LogP contribution in [0.25, 0.3) is 0 Å². The number of hydrogen-bond acceptors (Lipinski definition) is 6. The Morgan fingerprint density at radius 2 is 2.03 bits per heavy atom. The summed E-state index contributed by atoms with van der Waals surface area (Å²) < 4.78 is 20.6. The molecular formula is C20H27FN6O3. The van der Waals surface area contributed by atoms with Crippen molar-refractivity contribution in [1.82, 2.24) is 14.7 Å². The van der Waals surface area contributed by atoms with E-state index in [1.807, 2.05) is 0 Å². The van der Waals surface area contributed by atoms with Gasteiger partial charge >= 0.3 is 0 Å². The summed E-state index contributed by atoms with van der Waals surface area (Å²) in [5, 5.41) is 16.7. The van der Waals surface area contributed by atoms with Crippen molar-refractivity contribution in [3.8, 4) is 6.07 Å². The number of likely N-dealkylation sites (tertiary alicyclic amines) is 1. The Bertz CT molecular complexity index is 876. The molecule has 2 aliphatic carbocycles. The second kappa shape index (κ2) is 7.63. The Hall–Kier alpha value is -2.51. The first-order valence-corrected chi connectivity index (χ1v) is 10.3. The minimum absolute atomic E-state index is 0.0364. The fourth-order valence-electron chi connectivity index (χ4n) is 4.54. The lowest BCUT2D eigenvalue weighted by Crippen LogP contribution is -2.64. The standard InChI is InChI=1S/C20H27FN6O3/c1-30-20(21)11-26(12-20)14-4-6-19(7-5-14,8-9-22)27-10-15(16(23)28)17(25-27)24-18(29)13-2-3-13/h10,13-14H,2-8,11-12H2,1H3,(H2,23,28)(H,24,25,29). The number of ether oxygens (including phenoxy) is 1. The molecule has 3 aliphatic rings. The zero-order chi connectivity index (χ0) is 21.5. The molecule has 10 heteroatoms. The lowest BCUT2D eigenvalue weighted by molar-refractivity contribution is -0.222. The number of anilines is 1. The minimum Gasteiger partial charge on any atom is -0.365 e. The SMILES string of the molecule is COC1(F)CN(C2CCC(CC#N)(n3cc(C(N)=O)c(NC(=O)C4CC4)n3)CC2)C1. The van der Waals surface area contributed by atoms with Gasteiger partial charge in [-0.05, 0) is 38.5 Å². The van der Waals surface area contributed by atoms with Gasteiger partial charge in [-0.2, -0.15) is 10.4 Å². The molecule has 2 saturated carbocycles. The summed E-state index contributed by atoms with van der Waals surface area (Å²) in [4.78, 5) is 26.2. The molecule has 1 saturated heterocycles. The predicted octanol–water partition coefficient (Wildman–Crippen LogP) is 1.51. The number of carbonyl (C=O) groups excluding carboxylic acids is 2. The second-order valence-electron chi connectivity index (χ2n) is 8.75. The van der Waals surface area contributed by atoms with Gasteiger partial charge in [0.05, 0.1) is 31.1 Å². The summed E-state index contributed by atoms with van der Waals surface area (Å²) >= 11 is 0. The van der Waals surface area contributed by atoms with E-state index in [4.69, 9.17) is 10.5 Å². The van der Waals surface area contributed by atoms with Gasteiger partial charge in [-0.15, -0.1) is 0 Å². The molecule has 3 N–H and O–H groups in total. The van der Waals surface area contributed by atoms with Crippen LogP contribution in [0, 0.1) is 17.2 Å². The maximum absolute atomic E-state index is 14.1. The van der Waals surface area contributed by atoms with Crippen molar-refractivity contribution in [2.45, 2.75) is 62.4 Å². The first-order valence-electron chi connectivity index (χ1n) is 10.3. The highest BCUT2D eigenvalue weighted by atomic mass is 19.2. The summed E-state index contributed by atoms with van der Waals surface area (Å²) in [7, 11) is 1.38. The lowest BCUT2D eigenvalue weighted by atomic mass is 9.76. The van der Waals surface area contributed by atoms with Crippen LogP contribution < -0.4 is 11.1 Å². The molecule has 4 rings (SSSR count). The Balaban J connectivity index is 1.51. The maximum atomic E-state index is 14.1. The number of hydrogen-bond donors (Lipinski definition) is 2. The average molecular weight is 418 g/mol. The van der Waals surface area contributed by atoms with Gasteiger partial charge in [-0.3, -0.25) is 19.2 Å². The monoisotopic (exact) mass is 418 g/mol. The molecule has 9 nitrogen and oxygen atoms in total. The van der Waals surface area contributed by atoms with Crippen LogP contribution in [-0.4, -0.2) is 58.6 Å². The summed E-state index contributed by atoms with van der Waals surface area (Å²) in [5.74, 6) is -2.28. The normalized spacial score (nSPS) is 28.4. The van der Waals surface area contributed by atoms with Crippen molar-refractivity contribution >= 4 is 17.6 Å². The quantitative estimate of drug-likeness (QED) is 0.691. The molecule has 0 spiro atoms. The number of methoxy groups -OCH3 is 1. The van der Waals surface area contributed by atoms with E-state index in [2.05, 4.69) is 21.4 Å². The van der Waals surface area contributed by atoms with Crippen LogP contribution in [0.5, 0.6) is 0 Å². The van der Waals surface area contributed by atoms with Crippen molar-refractivity contribution in [1.29, 1.82) is 5.26 Å². The van der Waals surface area contributed by atoms with Gasteiger partial charge in [0.15, 0.2) is 5.82 Å². The fourth-order valence-corrected chi connectivity index (χ4v) is 4.54. The first-order chi connectivity index (χ1) is 14.3. The highest BCUT2D eigenvalue weighted by Gasteiger charge is 2.49. The molecule has 0 atom stereocenters. The van der Waals surface area contributed by atoms with E-state index in [1.165, 1.54) is 7.11 Å².